The molecule has 2 aromatic carbocycles. The quantitative estimate of drug-likeness (QED) is 0.926. The molecule has 0 radical (unpaired) electrons. The number of fused-ring (bicyclic) bond motifs is 1. The number of ether oxygens (including phenoxy) is 2. The Hall–Kier alpha value is -2.67. The number of hydrogen-bond donors (Lipinski definition) is 1. The molecule has 1 heterocycles. The van der Waals surface area contributed by atoms with Gasteiger partial charge in [-0.2, -0.15) is 5.26 Å². The van der Waals surface area contributed by atoms with Crippen molar-refractivity contribution < 1.29 is 9.47 Å². The zero-order valence-corrected chi connectivity index (χ0v) is 11.1. The first-order chi connectivity index (χ1) is 9.78. The van der Waals surface area contributed by atoms with Crippen LogP contribution in [0.4, 0.5) is 5.69 Å². The smallest absolute Gasteiger partial charge is 0.231 e. The van der Waals surface area contributed by atoms with E-state index in [1.807, 2.05) is 43.3 Å². The number of rotatable bonds is 3. The number of nitrogens with one attached hydrogen (secondary N) is 1. The van der Waals surface area contributed by atoms with Crippen LogP contribution in [0.3, 0.4) is 0 Å². The van der Waals surface area contributed by atoms with Crippen molar-refractivity contribution >= 4 is 5.69 Å². The van der Waals surface area contributed by atoms with Crippen LogP contribution >= 0.6 is 0 Å². The van der Waals surface area contributed by atoms with E-state index in [-0.39, 0.29) is 6.79 Å². The highest BCUT2D eigenvalue weighted by Crippen LogP contribution is 2.35. The van der Waals surface area contributed by atoms with Gasteiger partial charge in [0, 0.05) is 12.1 Å². The fraction of sp³-hybridized carbons (Fsp3) is 0.188. The number of nitrogens with zero attached hydrogens (tertiary/aromatic N) is 1. The molecule has 0 saturated carbocycles. The standard InChI is InChI=1S/C16H14N2O2/c1-11-5-6-14(13(7-11)8-17)18-9-12-3-2-4-15-16(12)20-10-19-15/h2-7,18H,9-10H2,1H3. The minimum atomic E-state index is 0.264. The van der Waals surface area contributed by atoms with Gasteiger partial charge < -0.3 is 14.8 Å². The van der Waals surface area contributed by atoms with E-state index in [1.165, 1.54) is 0 Å². The van der Waals surface area contributed by atoms with Crippen LogP contribution in [0.15, 0.2) is 36.4 Å². The number of anilines is 1. The third-order valence-corrected chi connectivity index (χ3v) is 3.24. The van der Waals surface area contributed by atoms with Crippen molar-refractivity contribution in [1.82, 2.24) is 0 Å². The van der Waals surface area contributed by atoms with E-state index in [0.29, 0.717) is 12.1 Å². The molecule has 0 aliphatic carbocycles. The van der Waals surface area contributed by atoms with Gasteiger partial charge in [-0.15, -0.1) is 0 Å². The number of aryl methyl sites for hydroxylation is 1. The highest BCUT2D eigenvalue weighted by molar-refractivity contribution is 5.59. The molecule has 0 saturated heterocycles. The van der Waals surface area contributed by atoms with E-state index in [4.69, 9.17) is 14.7 Å². The van der Waals surface area contributed by atoms with Gasteiger partial charge in [-0.25, -0.2) is 0 Å². The van der Waals surface area contributed by atoms with E-state index >= 15 is 0 Å². The summed E-state index contributed by atoms with van der Waals surface area (Å²) in [6.07, 6.45) is 0. The predicted octanol–water partition coefficient (Wildman–Crippen LogP) is 3.21. The minimum Gasteiger partial charge on any atom is -0.454 e. The van der Waals surface area contributed by atoms with Gasteiger partial charge in [0.25, 0.3) is 0 Å². The molecule has 100 valence electrons. The molecule has 3 rings (SSSR count). The van der Waals surface area contributed by atoms with Crippen molar-refractivity contribution in [2.75, 3.05) is 12.1 Å². The lowest BCUT2D eigenvalue weighted by atomic mass is 10.1. The summed E-state index contributed by atoms with van der Waals surface area (Å²) >= 11 is 0. The molecule has 0 unspecified atom stereocenters. The van der Waals surface area contributed by atoms with Gasteiger partial charge in [0.15, 0.2) is 11.5 Å². The third kappa shape index (κ3) is 2.26. The second-order valence-electron chi connectivity index (χ2n) is 4.67. The fourth-order valence-electron chi connectivity index (χ4n) is 2.23. The number of para-hydroxylation sites is 1. The molecule has 1 aliphatic heterocycles. The van der Waals surface area contributed by atoms with E-state index in [9.17, 15) is 0 Å². The van der Waals surface area contributed by atoms with Crippen molar-refractivity contribution in [3.8, 4) is 17.6 Å². The molecule has 0 aromatic heterocycles. The van der Waals surface area contributed by atoms with E-state index in [0.717, 1.165) is 28.3 Å². The first-order valence-electron chi connectivity index (χ1n) is 6.40. The Labute approximate surface area is 117 Å². The minimum absolute atomic E-state index is 0.264. The summed E-state index contributed by atoms with van der Waals surface area (Å²) in [6, 6.07) is 13.8. The Kier molecular flexibility index (Phi) is 3.18. The van der Waals surface area contributed by atoms with Crippen LogP contribution in [-0.4, -0.2) is 6.79 Å². The molecule has 0 amide bonds. The average molecular weight is 266 g/mol. The fourth-order valence-corrected chi connectivity index (χ4v) is 2.23. The molecular formula is C16H14N2O2. The molecule has 2 aromatic rings. The average Bonchev–Trinajstić information content (AvgIpc) is 2.94. The summed E-state index contributed by atoms with van der Waals surface area (Å²) in [6.45, 7) is 2.82. The summed E-state index contributed by atoms with van der Waals surface area (Å²) in [4.78, 5) is 0. The summed E-state index contributed by atoms with van der Waals surface area (Å²) in [7, 11) is 0. The van der Waals surface area contributed by atoms with Gasteiger partial charge >= 0.3 is 0 Å². The molecule has 4 nitrogen and oxygen atoms in total. The molecule has 0 bridgehead atoms. The monoisotopic (exact) mass is 266 g/mol. The SMILES string of the molecule is Cc1ccc(NCc2cccc3c2OCO3)c(C#N)c1. The van der Waals surface area contributed by atoms with Crippen molar-refractivity contribution in [1.29, 1.82) is 5.26 Å². The molecule has 0 fully saturated rings. The summed E-state index contributed by atoms with van der Waals surface area (Å²) in [5.74, 6) is 1.55. The van der Waals surface area contributed by atoms with E-state index < -0.39 is 0 Å². The highest BCUT2D eigenvalue weighted by Gasteiger charge is 2.16. The summed E-state index contributed by atoms with van der Waals surface area (Å²) < 4.78 is 10.8. The van der Waals surface area contributed by atoms with Crippen molar-refractivity contribution in [2.45, 2.75) is 13.5 Å². The van der Waals surface area contributed by atoms with Crippen LogP contribution in [0.25, 0.3) is 0 Å². The van der Waals surface area contributed by atoms with Gasteiger partial charge in [-0.05, 0) is 30.7 Å². The van der Waals surface area contributed by atoms with Gasteiger partial charge in [0.2, 0.25) is 6.79 Å². The van der Waals surface area contributed by atoms with Gasteiger partial charge in [-0.1, -0.05) is 18.2 Å². The normalized spacial score (nSPS) is 12.0. The topological polar surface area (TPSA) is 54.3 Å². The Morgan fingerprint density at radius 2 is 2.15 bits per heavy atom. The second-order valence-corrected chi connectivity index (χ2v) is 4.67. The van der Waals surface area contributed by atoms with Gasteiger partial charge in [0.05, 0.1) is 11.3 Å². The second kappa shape index (κ2) is 5.14. The highest BCUT2D eigenvalue weighted by atomic mass is 16.7. The van der Waals surface area contributed by atoms with Crippen LogP contribution in [0, 0.1) is 18.3 Å². The van der Waals surface area contributed by atoms with E-state index in [1.54, 1.807) is 0 Å². The first kappa shape index (κ1) is 12.4. The largest absolute Gasteiger partial charge is 0.454 e. The lowest BCUT2D eigenvalue weighted by Gasteiger charge is -2.10. The van der Waals surface area contributed by atoms with Gasteiger partial charge in [-0.3, -0.25) is 0 Å². The molecule has 20 heavy (non-hydrogen) atoms. The summed E-state index contributed by atoms with van der Waals surface area (Å²) in [5.41, 5.74) is 3.57. The van der Waals surface area contributed by atoms with Crippen LogP contribution in [0.5, 0.6) is 11.5 Å². The molecule has 1 N–H and O–H groups in total. The molecule has 0 atom stereocenters. The Bertz CT molecular complexity index is 689. The van der Waals surface area contributed by atoms with Crippen molar-refractivity contribution in [3.63, 3.8) is 0 Å². The predicted molar refractivity (Wildman–Crippen MR) is 75.8 cm³/mol. The van der Waals surface area contributed by atoms with Crippen molar-refractivity contribution in [3.05, 3.63) is 53.1 Å². The van der Waals surface area contributed by atoms with Crippen LogP contribution < -0.4 is 14.8 Å². The first-order valence-corrected chi connectivity index (χ1v) is 6.40. The Balaban J connectivity index is 1.81. The molecular weight excluding hydrogens is 252 g/mol. The maximum absolute atomic E-state index is 9.16. The summed E-state index contributed by atoms with van der Waals surface area (Å²) in [5, 5.41) is 12.4. The van der Waals surface area contributed by atoms with E-state index in [2.05, 4.69) is 11.4 Å². The third-order valence-electron chi connectivity index (χ3n) is 3.24. The number of benzene rings is 2. The van der Waals surface area contributed by atoms with Crippen LogP contribution in [0.1, 0.15) is 16.7 Å². The Morgan fingerprint density at radius 1 is 1.25 bits per heavy atom. The zero-order chi connectivity index (χ0) is 13.9. The Morgan fingerprint density at radius 3 is 3.00 bits per heavy atom. The molecule has 4 heteroatoms. The van der Waals surface area contributed by atoms with Crippen molar-refractivity contribution in [2.24, 2.45) is 0 Å². The maximum atomic E-state index is 9.16. The lowest BCUT2D eigenvalue weighted by Crippen LogP contribution is -2.03. The molecule has 1 aliphatic rings. The zero-order valence-electron chi connectivity index (χ0n) is 11.1. The lowest BCUT2D eigenvalue weighted by molar-refractivity contribution is 0.173. The molecule has 0 spiro atoms. The van der Waals surface area contributed by atoms with Crippen LogP contribution in [-0.2, 0) is 6.54 Å². The number of nitriles is 1. The number of hydrogen-bond acceptors (Lipinski definition) is 4. The van der Waals surface area contributed by atoms with Gasteiger partial charge in [0.1, 0.15) is 6.07 Å². The maximum Gasteiger partial charge on any atom is 0.231 e. The van der Waals surface area contributed by atoms with Crippen LogP contribution in [0.2, 0.25) is 0 Å².